The van der Waals surface area contributed by atoms with Crippen LogP contribution in [0, 0.1) is 0 Å². The maximum atomic E-state index is 12.9. The molecular formula is C24H24ClN3O4S. The van der Waals surface area contributed by atoms with Crippen molar-refractivity contribution in [2.24, 2.45) is 0 Å². The number of amides is 2. The van der Waals surface area contributed by atoms with E-state index in [9.17, 15) is 14.4 Å². The molecule has 1 aromatic carbocycles. The maximum absolute atomic E-state index is 12.9. The Bertz CT molecular complexity index is 1190. The van der Waals surface area contributed by atoms with Gasteiger partial charge in [-0.25, -0.2) is 0 Å². The minimum absolute atomic E-state index is 0.0511. The molecule has 0 saturated heterocycles. The van der Waals surface area contributed by atoms with E-state index in [-0.39, 0.29) is 35.6 Å². The largest absolute Gasteiger partial charge is 0.378 e. The number of hydrogen-bond donors (Lipinski definition) is 2. The van der Waals surface area contributed by atoms with Crippen LogP contribution in [0.5, 0.6) is 0 Å². The number of nitrogens with zero attached hydrogens (tertiary/aromatic N) is 1. The SMILES string of the molecule is CCO[C@H]1C[C@H](NC(=O)c2ccc(-n3ccccc3=O)cc2)[C@H](NC(=O)c2ccc(Cl)s2)C1. The number of halogens is 1. The van der Waals surface area contributed by atoms with Crippen LogP contribution >= 0.6 is 22.9 Å². The minimum Gasteiger partial charge on any atom is -0.378 e. The quantitative estimate of drug-likeness (QED) is 0.534. The second-order valence-electron chi connectivity index (χ2n) is 7.77. The smallest absolute Gasteiger partial charge is 0.261 e. The van der Waals surface area contributed by atoms with E-state index in [2.05, 4.69) is 10.6 Å². The number of nitrogens with one attached hydrogen (secondary N) is 2. The molecule has 2 aromatic heterocycles. The Morgan fingerprint density at radius 2 is 1.73 bits per heavy atom. The molecule has 0 radical (unpaired) electrons. The van der Waals surface area contributed by atoms with E-state index in [0.717, 1.165) is 0 Å². The third kappa shape index (κ3) is 5.52. The number of hydrogen-bond acceptors (Lipinski definition) is 5. The van der Waals surface area contributed by atoms with Gasteiger partial charge in [0.2, 0.25) is 0 Å². The van der Waals surface area contributed by atoms with Crippen LogP contribution < -0.4 is 16.2 Å². The second-order valence-corrected chi connectivity index (χ2v) is 9.48. The van der Waals surface area contributed by atoms with E-state index in [4.69, 9.17) is 16.3 Å². The number of carbonyl (C=O) groups is 2. The highest BCUT2D eigenvalue weighted by Gasteiger charge is 2.37. The van der Waals surface area contributed by atoms with Crippen molar-refractivity contribution in [2.45, 2.75) is 38.0 Å². The molecule has 3 atom stereocenters. The summed E-state index contributed by atoms with van der Waals surface area (Å²) in [5.41, 5.74) is 1.00. The second kappa shape index (κ2) is 10.3. The molecule has 7 nitrogen and oxygen atoms in total. The highest BCUT2D eigenvalue weighted by Crippen LogP contribution is 2.26. The zero-order valence-corrected chi connectivity index (χ0v) is 19.6. The standard InChI is InChI=1S/C24H24ClN3O4S/c1-2-32-17-13-18(19(14-17)27-24(31)20-10-11-21(25)33-20)26-23(30)15-6-8-16(9-7-15)28-12-4-3-5-22(28)29/h3-12,17-19H,2,13-14H2,1H3,(H,26,30)(H,27,31)/t17-,18-,19+/m0/s1. The van der Waals surface area contributed by atoms with Gasteiger partial charge >= 0.3 is 0 Å². The van der Waals surface area contributed by atoms with Crippen LogP contribution in [-0.2, 0) is 4.74 Å². The van der Waals surface area contributed by atoms with Crippen molar-refractivity contribution in [3.05, 3.63) is 85.9 Å². The van der Waals surface area contributed by atoms with E-state index in [1.165, 1.54) is 22.0 Å². The molecule has 1 saturated carbocycles. The van der Waals surface area contributed by atoms with Gasteiger partial charge in [0.25, 0.3) is 17.4 Å². The van der Waals surface area contributed by atoms with Crippen LogP contribution in [0.4, 0.5) is 0 Å². The molecule has 0 aliphatic heterocycles. The lowest BCUT2D eigenvalue weighted by molar-refractivity contribution is 0.0647. The summed E-state index contributed by atoms with van der Waals surface area (Å²) >= 11 is 7.17. The first-order valence-corrected chi connectivity index (χ1v) is 11.9. The Hall–Kier alpha value is -2.94. The molecule has 33 heavy (non-hydrogen) atoms. The fourth-order valence-electron chi connectivity index (χ4n) is 4.02. The van der Waals surface area contributed by atoms with E-state index < -0.39 is 0 Å². The number of aromatic nitrogens is 1. The molecule has 4 rings (SSSR count). The fraction of sp³-hybridized carbons (Fsp3) is 0.292. The van der Waals surface area contributed by atoms with Gasteiger partial charge in [-0.2, -0.15) is 0 Å². The third-order valence-corrected chi connectivity index (χ3v) is 6.81. The van der Waals surface area contributed by atoms with Gasteiger partial charge in [-0.15, -0.1) is 11.3 Å². The molecule has 0 unspecified atom stereocenters. The Balaban J connectivity index is 1.45. The van der Waals surface area contributed by atoms with Crippen molar-refractivity contribution in [2.75, 3.05) is 6.61 Å². The number of thiophene rings is 1. The predicted molar refractivity (Wildman–Crippen MR) is 129 cm³/mol. The molecule has 1 aliphatic carbocycles. The fourth-order valence-corrected chi connectivity index (χ4v) is 4.97. The van der Waals surface area contributed by atoms with Gasteiger partial charge in [-0.05, 0) is 62.2 Å². The van der Waals surface area contributed by atoms with Crippen molar-refractivity contribution in [1.82, 2.24) is 15.2 Å². The molecule has 1 fully saturated rings. The normalized spacial score (nSPS) is 19.9. The van der Waals surface area contributed by atoms with Crippen LogP contribution in [0.15, 0.2) is 65.6 Å². The van der Waals surface area contributed by atoms with Gasteiger partial charge in [-0.1, -0.05) is 17.7 Å². The molecule has 2 N–H and O–H groups in total. The number of rotatable bonds is 7. The Morgan fingerprint density at radius 3 is 2.33 bits per heavy atom. The topological polar surface area (TPSA) is 89.4 Å². The molecule has 2 heterocycles. The number of carbonyl (C=O) groups excluding carboxylic acids is 2. The first-order chi connectivity index (χ1) is 15.9. The van der Waals surface area contributed by atoms with Crippen LogP contribution in [0.3, 0.4) is 0 Å². The van der Waals surface area contributed by atoms with Crippen molar-refractivity contribution >= 4 is 34.8 Å². The Kier molecular flexibility index (Phi) is 7.27. The van der Waals surface area contributed by atoms with Gasteiger partial charge in [-0.3, -0.25) is 19.0 Å². The average molecular weight is 486 g/mol. The van der Waals surface area contributed by atoms with Gasteiger partial charge in [0.05, 0.1) is 27.4 Å². The summed E-state index contributed by atoms with van der Waals surface area (Å²) in [5.74, 6) is -0.464. The van der Waals surface area contributed by atoms with Crippen molar-refractivity contribution in [1.29, 1.82) is 0 Å². The monoisotopic (exact) mass is 485 g/mol. The van der Waals surface area contributed by atoms with Crippen molar-refractivity contribution < 1.29 is 14.3 Å². The highest BCUT2D eigenvalue weighted by molar-refractivity contribution is 7.18. The van der Waals surface area contributed by atoms with Crippen molar-refractivity contribution in [3.63, 3.8) is 0 Å². The summed E-state index contributed by atoms with van der Waals surface area (Å²) in [4.78, 5) is 38.1. The highest BCUT2D eigenvalue weighted by atomic mass is 35.5. The van der Waals surface area contributed by atoms with Crippen LogP contribution in [-0.4, -0.2) is 41.2 Å². The predicted octanol–water partition coefficient (Wildman–Crippen LogP) is 3.65. The Morgan fingerprint density at radius 1 is 1.03 bits per heavy atom. The Labute approximate surface area is 200 Å². The van der Waals surface area contributed by atoms with E-state index >= 15 is 0 Å². The molecule has 0 bridgehead atoms. The van der Waals surface area contributed by atoms with Crippen molar-refractivity contribution in [3.8, 4) is 5.69 Å². The summed E-state index contributed by atoms with van der Waals surface area (Å²) in [6, 6.07) is 14.6. The summed E-state index contributed by atoms with van der Waals surface area (Å²) in [5, 5.41) is 6.06. The number of benzene rings is 1. The van der Waals surface area contributed by atoms with Crippen LogP contribution in [0.25, 0.3) is 5.69 Å². The number of pyridine rings is 1. The van der Waals surface area contributed by atoms with Gasteiger partial charge in [0.1, 0.15) is 0 Å². The summed E-state index contributed by atoms with van der Waals surface area (Å²) < 4.78 is 7.82. The summed E-state index contributed by atoms with van der Waals surface area (Å²) in [6.07, 6.45) is 2.84. The molecule has 1 aliphatic rings. The summed E-state index contributed by atoms with van der Waals surface area (Å²) in [6.45, 7) is 2.49. The zero-order chi connectivity index (χ0) is 23.4. The van der Waals surface area contributed by atoms with E-state index in [1.54, 1.807) is 54.7 Å². The first-order valence-electron chi connectivity index (χ1n) is 10.7. The first kappa shape index (κ1) is 23.2. The van der Waals surface area contributed by atoms with Gasteiger partial charge in [0.15, 0.2) is 0 Å². The molecule has 0 spiro atoms. The number of ether oxygens (including phenoxy) is 1. The lowest BCUT2D eigenvalue weighted by Crippen LogP contribution is -2.48. The van der Waals surface area contributed by atoms with E-state index in [0.29, 0.717) is 39.9 Å². The third-order valence-electron chi connectivity index (χ3n) is 5.58. The van der Waals surface area contributed by atoms with Crippen LogP contribution in [0.2, 0.25) is 4.34 Å². The summed E-state index contributed by atoms with van der Waals surface area (Å²) in [7, 11) is 0. The van der Waals surface area contributed by atoms with Crippen LogP contribution in [0.1, 0.15) is 39.8 Å². The minimum atomic E-state index is -0.273. The zero-order valence-electron chi connectivity index (χ0n) is 18.0. The molecule has 9 heteroatoms. The molecule has 2 amide bonds. The molecule has 3 aromatic rings. The lowest BCUT2D eigenvalue weighted by atomic mass is 10.1. The van der Waals surface area contributed by atoms with Gasteiger partial charge < -0.3 is 15.4 Å². The van der Waals surface area contributed by atoms with E-state index in [1.807, 2.05) is 6.92 Å². The lowest BCUT2D eigenvalue weighted by Gasteiger charge is -2.21. The molecular weight excluding hydrogens is 462 g/mol. The average Bonchev–Trinajstić information content (AvgIpc) is 3.40. The molecule has 172 valence electrons. The van der Waals surface area contributed by atoms with Gasteiger partial charge in [0, 0.05) is 30.1 Å². The maximum Gasteiger partial charge on any atom is 0.261 e.